The molecule has 1 aromatic rings. The summed E-state index contributed by atoms with van der Waals surface area (Å²) in [7, 11) is 2.04. The molecule has 1 unspecified atom stereocenters. The van der Waals surface area contributed by atoms with E-state index in [0.717, 1.165) is 19.5 Å². The molecule has 0 aromatic carbocycles. The van der Waals surface area contributed by atoms with Gasteiger partial charge >= 0.3 is 0 Å². The van der Waals surface area contributed by atoms with Crippen molar-refractivity contribution in [2.45, 2.75) is 32.9 Å². The molecule has 15 heavy (non-hydrogen) atoms. The topological polar surface area (TPSA) is 37.2 Å². The van der Waals surface area contributed by atoms with Crippen molar-refractivity contribution in [2.75, 3.05) is 6.54 Å². The smallest absolute Gasteiger partial charge is 0.0575 e. The third kappa shape index (κ3) is 4.06. The molecule has 1 aromatic heterocycles. The van der Waals surface area contributed by atoms with Crippen LogP contribution in [0, 0.1) is 5.92 Å². The van der Waals surface area contributed by atoms with Crippen molar-refractivity contribution >= 4 is 0 Å². The fourth-order valence-electron chi connectivity index (χ4n) is 1.48. The Kier molecular flexibility index (Phi) is 4.85. The van der Waals surface area contributed by atoms with Gasteiger partial charge in [0.15, 0.2) is 0 Å². The molecule has 0 saturated carbocycles. The number of hydrogen-bond donors (Lipinski definition) is 2. The molecule has 3 nitrogen and oxygen atoms in total. The van der Waals surface area contributed by atoms with Crippen LogP contribution in [0.3, 0.4) is 0 Å². The van der Waals surface area contributed by atoms with Crippen LogP contribution in [-0.4, -0.2) is 22.3 Å². The maximum absolute atomic E-state index is 9.59. The highest BCUT2D eigenvalue weighted by molar-refractivity contribution is 5.05. The van der Waals surface area contributed by atoms with Crippen LogP contribution in [-0.2, 0) is 13.6 Å². The molecule has 0 bridgehead atoms. The fourth-order valence-corrected chi connectivity index (χ4v) is 1.48. The molecule has 0 spiro atoms. The summed E-state index contributed by atoms with van der Waals surface area (Å²) in [6.07, 6.45) is 2.67. The number of rotatable bonds is 6. The molecular weight excluding hydrogens is 188 g/mol. The molecule has 1 atom stereocenters. The van der Waals surface area contributed by atoms with Crippen molar-refractivity contribution in [3.8, 4) is 0 Å². The minimum atomic E-state index is -0.189. The lowest BCUT2D eigenvalue weighted by atomic mass is 10.0. The Morgan fingerprint density at radius 1 is 1.47 bits per heavy atom. The summed E-state index contributed by atoms with van der Waals surface area (Å²) in [5.41, 5.74) is 1.27. The van der Waals surface area contributed by atoms with Gasteiger partial charge in [-0.15, -0.1) is 0 Å². The second kappa shape index (κ2) is 5.93. The van der Waals surface area contributed by atoms with Crippen molar-refractivity contribution in [3.05, 3.63) is 24.0 Å². The highest BCUT2D eigenvalue weighted by Gasteiger charge is 2.07. The maximum atomic E-state index is 9.59. The van der Waals surface area contributed by atoms with E-state index in [1.807, 2.05) is 33.2 Å². The maximum Gasteiger partial charge on any atom is 0.0575 e. The summed E-state index contributed by atoms with van der Waals surface area (Å²) in [6.45, 7) is 5.82. The minimum absolute atomic E-state index is 0.189. The first-order valence-electron chi connectivity index (χ1n) is 5.60. The Morgan fingerprint density at radius 3 is 2.73 bits per heavy atom. The van der Waals surface area contributed by atoms with Crippen LogP contribution < -0.4 is 5.32 Å². The third-order valence-electron chi connectivity index (χ3n) is 2.74. The van der Waals surface area contributed by atoms with Crippen molar-refractivity contribution < 1.29 is 5.11 Å². The zero-order valence-corrected chi connectivity index (χ0v) is 9.90. The number of hydrogen-bond acceptors (Lipinski definition) is 2. The highest BCUT2D eigenvalue weighted by Crippen LogP contribution is 2.04. The van der Waals surface area contributed by atoms with Gasteiger partial charge in [-0.2, -0.15) is 0 Å². The van der Waals surface area contributed by atoms with Gasteiger partial charge in [0.2, 0.25) is 0 Å². The summed E-state index contributed by atoms with van der Waals surface area (Å²) < 4.78 is 2.10. The van der Waals surface area contributed by atoms with Crippen LogP contribution in [0.15, 0.2) is 18.3 Å². The number of nitrogens with zero attached hydrogens (tertiary/aromatic N) is 1. The number of aliphatic hydroxyl groups is 1. The monoisotopic (exact) mass is 210 g/mol. The van der Waals surface area contributed by atoms with E-state index in [1.54, 1.807) is 0 Å². The van der Waals surface area contributed by atoms with E-state index in [4.69, 9.17) is 0 Å². The Labute approximate surface area is 92.1 Å². The van der Waals surface area contributed by atoms with Crippen LogP contribution >= 0.6 is 0 Å². The van der Waals surface area contributed by atoms with Crippen molar-refractivity contribution in [2.24, 2.45) is 13.0 Å². The first-order valence-corrected chi connectivity index (χ1v) is 5.60. The van der Waals surface area contributed by atoms with Crippen LogP contribution in [0.2, 0.25) is 0 Å². The molecule has 2 N–H and O–H groups in total. The van der Waals surface area contributed by atoms with E-state index >= 15 is 0 Å². The predicted octanol–water partition coefficient (Wildman–Crippen LogP) is 1.52. The standard InChI is InChI=1S/C12H22N2O/c1-10(2)12(15)6-7-13-9-11-5-4-8-14(11)3/h4-5,8,10,12-13,15H,6-7,9H2,1-3H3. The summed E-state index contributed by atoms with van der Waals surface area (Å²) in [5, 5.41) is 12.9. The van der Waals surface area contributed by atoms with E-state index in [-0.39, 0.29) is 6.10 Å². The normalized spacial score (nSPS) is 13.4. The van der Waals surface area contributed by atoms with Gasteiger partial charge in [-0.3, -0.25) is 0 Å². The summed E-state index contributed by atoms with van der Waals surface area (Å²) in [6, 6.07) is 4.14. The second-order valence-corrected chi connectivity index (χ2v) is 4.39. The molecule has 0 radical (unpaired) electrons. The molecule has 0 aliphatic carbocycles. The molecule has 3 heteroatoms. The number of aromatic nitrogens is 1. The van der Waals surface area contributed by atoms with Crippen LogP contribution in [0.1, 0.15) is 26.0 Å². The molecular formula is C12H22N2O. The van der Waals surface area contributed by atoms with E-state index < -0.39 is 0 Å². The Hall–Kier alpha value is -0.800. The van der Waals surface area contributed by atoms with Crippen LogP contribution in [0.25, 0.3) is 0 Å². The van der Waals surface area contributed by atoms with Crippen molar-refractivity contribution in [1.82, 2.24) is 9.88 Å². The molecule has 1 rings (SSSR count). The largest absolute Gasteiger partial charge is 0.393 e. The molecule has 0 aliphatic heterocycles. The number of aliphatic hydroxyl groups excluding tert-OH is 1. The lowest BCUT2D eigenvalue weighted by Gasteiger charge is -2.14. The van der Waals surface area contributed by atoms with Gasteiger partial charge in [0.1, 0.15) is 0 Å². The highest BCUT2D eigenvalue weighted by atomic mass is 16.3. The number of nitrogens with one attached hydrogen (secondary N) is 1. The van der Waals surface area contributed by atoms with Gasteiger partial charge in [-0.25, -0.2) is 0 Å². The quantitative estimate of drug-likeness (QED) is 0.699. The van der Waals surface area contributed by atoms with Gasteiger partial charge in [0, 0.05) is 25.5 Å². The lowest BCUT2D eigenvalue weighted by Crippen LogP contribution is -2.24. The predicted molar refractivity (Wildman–Crippen MR) is 62.6 cm³/mol. The second-order valence-electron chi connectivity index (χ2n) is 4.39. The average molecular weight is 210 g/mol. The molecule has 0 amide bonds. The average Bonchev–Trinajstić information content (AvgIpc) is 2.58. The molecule has 1 heterocycles. The van der Waals surface area contributed by atoms with Crippen LogP contribution in [0.4, 0.5) is 0 Å². The van der Waals surface area contributed by atoms with Gasteiger partial charge < -0.3 is 15.0 Å². The zero-order chi connectivity index (χ0) is 11.3. The van der Waals surface area contributed by atoms with E-state index in [9.17, 15) is 5.11 Å². The molecule has 86 valence electrons. The first-order chi connectivity index (χ1) is 7.11. The minimum Gasteiger partial charge on any atom is -0.393 e. The van der Waals surface area contributed by atoms with Gasteiger partial charge in [0.05, 0.1) is 6.10 Å². The van der Waals surface area contributed by atoms with Crippen molar-refractivity contribution in [3.63, 3.8) is 0 Å². The van der Waals surface area contributed by atoms with E-state index in [0.29, 0.717) is 5.92 Å². The fraction of sp³-hybridized carbons (Fsp3) is 0.667. The Morgan fingerprint density at radius 2 is 2.20 bits per heavy atom. The van der Waals surface area contributed by atoms with Gasteiger partial charge in [0.25, 0.3) is 0 Å². The Bertz CT molecular complexity index is 281. The van der Waals surface area contributed by atoms with Gasteiger partial charge in [-0.1, -0.05) is 13.8 Å². The Balaban J connectivity index is 2.15. The third-order valence-corrected chi connectivity index (χ3v) is 2.74. The SMILES string of the molecule is CC(C)C(O)CCNCc1cccn1C. The summed E-state index contributed by atoms with van der Waals surface area (Å²) >= 11 is 0. The molecule has 0 saturated heterocycles. The summed E-state index contributed by atoms with van der Waals surface area (Å²) in [5.74, 6) is 0.349. The molecule has 0 aliphatic rings. The van der Waals surface area contributed by atoms with Crippen LogP contribution in [0.5, 0.6) is 0 Å². The van der Waals surface area contributed by atoms with E-state index in [1.165, 1.54) is 5.69 Å². The molecule has 0 fully saturated rings. The lowest BCUT2D eigenvalue weighted by molar-refractivity contribution is 0.116. The first kappa shape index (κ1) is 12.3. The van der Waals surface area contributed by atoms with Gasteiger partial charge in [-0.05, 0) is 31.0 Å². The van der Waals surface area contributed by atoms with E-state index in [2.05, 4.69) is 16.0 Å². The number of aryl methyl sites for hydroxylation is 1. The summed E-state index contributed by atoms with van der Waals surface area (Å²) in [4.78, 5) is 0. The van der Waals surface area contributed by atoms with Crippen molar-refractivity contribution in [1.29, 1.82) is 0 Å². The zero-order valence-electron chi connectivity index (χ0n) is 9.90.